The maximum absolute atomic E-state index is 11.5. The van der Waals surface area contributed by atoms with Gasteiger partial charge in [-0.05, 0) is 25.7 Å². The third-order valence-electron chi connectivity index (χ3n) is 2.53. The second-order valence-corrected chi connectivity index (χ2v) is 3.94. The van der Waals surface area contributed by atoms with Crippen LogP contribution >= 0.6 is 0 Å². The van der Waals surface area contributed by atoms with Gasteiger partial charge in [-0.2, -0.15) is 0 Å². The molecule has 2 fully saturated rings. The molecule has 1 unspecified atom stereocenters. The molecule has 1 saturated carbocycles. The Morgan fingerprint density at radius 2 is 2.08 bits per heavy atom. The minimum Gasteiger partial charge on any atom is -0.367 e. The lowest BCUT2D eigenvalue weighted by molar-refractivity contribution is -0.136. The van der Waals surface area contributed by atoms with Gasteiger partial charge in [-0.25, -0.2) is 0 Å². The zero-order valence-electron chi connectivity index (χ0n) is 7.66. The summed E-state index contributed by atoms with van der Waals surface area (Å²) in [7, 11) is 0. The Hall–Kier alpha value is -0.610. The largest absolute Gasteiger partial charge is 0.367 e. The van der Waals surface area contributed by atoms with Crippen LogP contribution in [0, 0.1) is 0 Å². The molecule has 1 heterocycles. The second-order valence-electron chi connectivity index (χ2n) is 3.94. The van der Waals surface area contributed by atoms with Crippen LogP contribution in [0.25, 0.3) is 0 Å². The zero-order valence-corrected chi connectivity index (χ0v) is 7.66. The van der Waals surface area contributed by atoms with Gasteiger partial charge in [0.15, 0.2) is 0 Å². The summed E-state index contributed by atoms with van der Waals surface area (Å²) in [5.41, 5.74) is 5.65. The van der Waals surface area contributed by atoms with Crippen molar-refractivity contribution >= 4 is 5.91 Å². The highest BCUT2D eigenvalue weighted by Gasteiger charge is 2.30. The number of carbonyl (C=O) groups excluding carboxylic acids is 1. The number of rotatable bonds is 2. The lowest BCUT2D eigenvalue weighted by Gasteiger charge is -2.25. The molecule has 4 nitrogen and oxygen atoms in total. The molecule has 2 aliphatic rings. The highest BCUT2D eigenvalue weighted by atomic mass is 16.5. The van der Waals surface area contributed by atoms with Crippen molar-refractivity contribution in [1.29, 1.82) is 0 Å². The number of nitrogens with two attached hydrogens (primary N) is 1. The fourth-order valence-corrected chi connectivity index (χ4v) is 1.50. The molecule has 0 bridgehead atoms. The maximum atomic E-state index is 11.5. The number of hydrogen-bond acceptors (Lipinski definition) is 3. The van der Waals surface area contributed by atoms with Crippen LogP contribution < -0.4 is 11.1 Å². The molecule has 0 aromatic carbocycles. The molecule has 0 aromatic rings. The molecule has 1 aliphatic carbocycles. The predicted molar refractivity (Wildman–Crippen MR) is 48.1 cm³/mol. The molecule has 1 aliphatic heterocycles. The Labute approximate surface area is 77.8 Å². The van der Waals surface area contributed by atoms with E-state index in [2.05, 4.69) is 5.32 Å². The van der Waals surface area contributed by atoms with Crippen LogP contribution in [0.3, 0.4) is 0 Å². The van der Waals surface area contributed by atoms with E-state index in [1.165, 1.54) is 0 Å². The standard InChI is InChI=1S/C9H16N2O2/c10-6-1-4-8(13-5-6)9(12)11-7-2-3-7/h6-8H,1-5,10H2,(H,11,12)/t6?,8-/m0/s1. The van der Waals surface area contributed by atoms with E-state index in [0.717, 1.165) is 25.7 Å². The summed E-state index contributed by atoms with van der Waals surface area (Å²) in [4.78, 5) is 11.5. The summed E-state index contributed by atoms with van der Waals surface area (Å²) in [5.74, 6) is 0.0504. The van der Waals surface area contributed by atoms with Crippen LogP contribution in [-0.2, 0) is 9.53 Å². The maximum Gasteiger partial charge on any atom is 0.249 e. The third-order valence-corrected chi connectivity index (χ3v) is 2.53. The smallest absolute Gasteiger partial charge is 0.249 e. The first-order valence-electron chi connectivity index (χ1n) is 4.93. The molecule has 3 N–H and O–H groups in total. The van der Waals surface area contributed by atoms with E-state index in [-0.39, 0.29) is 18.1 Å². The Kier molecular flexibility index (Phi) is 2.51. The summed E-state index contributed by atoms with van der Waals surface area (Å²) in [6.07, 6.45) is 3.65. The van der Waals surface area contributed by atoms with Crippen LogP contribution in [-0.4, -0.2) is 30.7 Å². The molecule has 0 radical (unpaired) electrons. The molecule has 0 aromatic heterocycles. The van der Waals surface area contributed by atoms with Gasteiger partial charge in [0.2, 0.25) is 5.91 Å². The van der Waals surface area contributed by atoms with Crippen molar-refractivity contribution in [3.63, 3.8) is 0 Å². The van der Waals surface area contributed by atoms with Crippen LogP contribution in [0.4, 0.5) is 0 Å². The molecule has 1 saturated heterocycles. The highest BCUT2D eigenvalue weighted by molar-refractivity contribution is 5.81. The number of nitrogens with one attached hydrogen (secondary N) is 1. The summed E-state index contributed by atoms with van der Waals surface area (Å²) >= 11 is 0. The fourth-order valence-electron chi connectivity index (χ4n) is 1.50. The van der Waals surface area contributed by atoms with Gasteiger partial charge in [0.1, 0.15) is 6.10 Å². The first-order valence-corrected chi connectivity index (χ1v) is 4.93. The van der Waals surface area contributed by atoms with Crippen molar-refractivity contribution in [2.75, 3.05) is 6.61 Å². The Morgan fingerprint density at radius 3 is 2.62 bits per heavy atom. The monoisotopic (exact) mass is 184 g/mol. The van der Waals surface area contributed by atoms with Gasteiger partial charge >= 0.3 is 0 Å². The third kappa shape index (κ3) is 2.42. The average Bonchev–Trinajstić information content (AvgIpc) is 2.89. The van der Waals surface area contributed by atoms with Gasteiger partial charge < -0.3 is 15.8 Å². The Balaban J connectivity index is 1.75. The van der Waals surface area contributed by atoms with Crippen molar-refractivity contribution in [2.24, 2.45) is 5.73 Å². The molecule has 0 spiro atoms. The highest BCUT2D eigenvalue weighted by Crippen LogP contribution is 2.20. The van der Waals surface area contributed by atoms with E-state index in [1.54, 1.807) is 0 Å². The minimum atomic E-state index is -0.250. The van der Waals surface area contributed by atoms with Crippen LogP contribution in [0.2, 0.25) is 0 Å². The van der Waals surface area contributed by atoms with Gasteiger partial charge in [-0.3, -0.25) is 4.79 Å². The van der Waals surface area contributed by atoms with Crippen LogP contribution in [0.5, 0.6) is 0 Å². The van der Waals surface area contributed by atoms with Crippen LogP contribution in [0.15, 0.2) is 0 Å². The normalized spacial score (nSPS) is 34.2. The molecule has 2 atom stereocenters. The molecule has 13 heavy (non-hydrogen) atoms. The van der Waals surface area contributed by atoms with E-state index in [4.69, 9.17) is 10.5 Å². The molecule has 74 valence electrons. The molecule has 1 amide bonds. The topological polar surface area (TPSA) is 64.4 Å². The van der Waals surface area contributed by atoms with Gasteiger partial charge in [0.05, 0.1) is 6.61 Å². The Morgan fingerprint density at radius 1 is 1.31 bits per heavy atom. The van der Waals surface area contributed by atoms with Gasteiger partial charge in [0, 0.05) is 12.1 Å². The SMILES string of the molecule is NC1CC[C@@H](C(=O)NC2CC2)OC1. The summed E-state index contributed by atoms with van der Waals surface area (Å²) in [5, 5.41) is 2.93. The van der Waals surface area contributed by atoms with Gasteiger partial charge in [0.25, 0.3) is 0 Å². The lowest BCUT2D eigenvalue weighted by atomic mass is 10.1. The van der Waals surface area contributed by atoms with Gasteiger partial charge in [-0.1, -0.05) is 0 Å². The minimum absolute atomic E-state index is 0.0504. The predicted octanol–water partition coefficient (Wildman–Crippen LogP) is -0.229. The van der Waals surface area contributed by atoms with Crippen LogP contribution in [0.1, 0.15) is 25.7 Å². The second kappa shape index (κ2) is 3.64. The quantitative estimate of drug-likeness (QED) is 0.623. The summed E-state index contributed by atoms with van der Waals surface area (Å²) in [6.45, 7) is 0.517. The van der Waals surface area contributed by atoms with Gasteiger partial charge in [-0.15, -0.1) is 0 Å². The van der Waals surface area contributed by atoms with Crippen molar-refractivity contribution in [3.05, 3.63) is 0 Å². The number of amides is 1. The molecule has 2 rings (SSSR count). The van der Waals surface area contributed by atoms with E-state index in [1.807, 2.05) is 0 Å². The Bertz CT molecular complexity index is 196. The molecule has 4 heteroatoms. The average molecular weight is 184 g/mol. The number of ether oxygens (including phenoxy) is 1. The first kappa shape index (κ1) is 8.97. The number of hydrogen-bond donors (Lipinski definition) is 2. The molecular weight excluding hydrogens is 168 g/mol. The van der Waals surface area contributed by atoms with E-state index >= 15 is 0 Å². The van der Waals surface area contributed by atoms with Crippen molar-refractivity contribution in [3.8, 4) is 0 Å². The first-order chi connectivity index (χ1) is 6.25. The lowest BCUT2D eigenvalue weighted by Crippen LogP contribution is -2.44. The van der Waals surface area contributed by atoms with E-state index in [9.17, 15) is 4.79 Å². The summed E-state index contributed by atoms with van der Waals surface area (Å²) < 4.78 is 5.34. The van der Waals surface area contributed by atoms with E-state index < -0.39 is 0 Å². The van der Waals surface area contributed by atoms with Crippen molar-refractivity contribution in [2.45, 2.75) is 43.9 Å². The zero-order chi connectivity index (χ0) is 9.26. The summed E-state index contributed by atoms with van der Waals surface area (Å²) in [6, 6.07) is 0.539. The van der Waals surface area contributed by atoms with E-state index in [0.29, 0.717) is 12.6 Å². The molecular formula is C9H16N2O2. The fraction of sp³-hybridized carbons (Fsp3) is 0.889. The van der Waals surface area contributed by atoms with Crippen molar-refractivity contribution < 1.29 is 9.53 Å². The van der Waals surface area contributed by atoms with Crippen molar-refractivity contribution in [1.82, 2.24) is 5.32 Å². The number of carbonyl (C=O) groups is 1.